The van der Waals surface area contributed by atoms with Gasteiger partial charge in [-0.2, -0.15) is 0 Å². The molecule has 7 nitrogen and oxygen atoms in total. The summed E-state index contributed by atoms with van der Waals surface area (Å²) >= 11 is 1.35. The fourth-order valence-corrected chi connectivity index (χ4v) is 4.25. The number of aromatic amines is 1. The number of esters is 1. The van der Waals surface area contributed by atoms with Crippen LogP contribution < -0.4 is 11.2 Å². The van der Waals surface area contributed by atoms with Gasteiger partial charge < -0.3 is 9.47 Å². The topological polar surface area (TPSA) is 90.4 Å². The zero-order chi connectivity index (χ0) is 21.0. The molecule has 28 heavy (non-hydrogen) atoms. The molecule has 1 atom stereocenters. The van der Waals surface area contributed by atoms with Crippen molar-refractivity contribution in [2.45, 2.75) is 70.4 Å². The Balaban J connectivity index is 2.51. The predicted molar refractivity (Wildman–Crippen MR) is 108 cm³/mol. The Bertz CT molecular complexity index is 957. The van der Waals surface area contributed by atoms with Crippen LogP contribution in [0.3, 0.4) is 0 Å². The molecular weight excluding hydrogens is 380 g/mol. The molecule has 1 aromatic carbocycles. The van der Waals surface area contributed by atoms with Crippen molar-refractivity contribution >= 4 is 17.7 Å². The van der Waals surface area contributed by atoms with E-state index in [1.54, 1.807) is 6.92 Å². The van der Waals surface area contributed by atoms with Crippen LogP contribution >= 0.6 is 11.8 Å². The number of nitrogens with zero attached hydrogens (tertiary/aromatic N) is 1. The molecule has 0 fully saturated rings. The Morgan fingerprint density at radius 2 is 1.75 bits per heavy atom. The number of aryl methyl sites for hydroxylation is 2. The van der Waals surface area contributed by atoms with E-state index in [0.29, 0.717) is 10.6 Å². The van der Waals surface area contributed by atoms with Crippen molar-refractivity contribution in [3.05, 3.63) is 55.7 Å². The molecule has 2 aromatic rings. The van der Waals surface area contributed by atoms with Crippen molar-refractivity contribution in [3.8, 4) is 0 Å². The largest absolute Gasteiger partial charge is 0.436 e. The van der Waals surface area contributed by atoms with Gasteiger partial charge in [-0.3, -0.25) is 19.1 Å². The Morgan fingerprint density at radius 1 is 1.14 bits per heavy atom. The highest BCUT2D eigenvalue weighted by atomic mass is 32.2. The molecule has 152 valence electrons. The Kier molecular flexibility index (Phi) is 7.26. The van der Waals surface area contributed by atoms with Gasteiger partial charge in [0.15, 0.2) is 0 Å². The third-order valence-electron chi connectivity index (χ3n) is 3.94. The molecule has 0 bridgehead atoms. The first-order valence-corrected chi connectivity index (χ1v) is 9.82. The van der Waals surface area contributed by atoms with Crippen LogP contribution in [0, 0.1) is 13.8 Å². The van der Waals surface area contributed by atoms with Gasteiger partial charge in [-0.15, -0.1) is 0 Å². The van der Waals surface area contributed by atoms with Crippen molar-refractivity contribution in [2.24, 2.45) is 0 Å². The summed E-state index contributed by atoms with van der Waals surface area (Å²) in [7, 11) is 0. The maximum absolute atomic E-state index is 12.5. The molecule has 1 N–H and O–H groups in total. The Hall–Kier alpha value is -2.32. The molecule has 0 aliphatic carbocycles. The lowest BCUT2D eigenvalue weighted by atomic mass is 10.1. The molecule has 1 heterocycles. The summed E-state index contributed by atoms with van der Waals surface area (Å²) < 4.78 is 11.8. The van der Waals surface area contributed by atoms with Gasteiger partial charge in [0.2, 0.25) is 6.29 Å². The normalized spacial score (nSPS) is 12.2. The van der Waals surface area contributed by atoms with Crippen molar-refractivity contribution in [1.29, 1.82) is 0 Å². The summed E-state index contributed by atoms with van der Waals surface area (Å²) in [5.74, 6) is -0.580. The van der Waals surface area contributed by atoms with Crippen LogP contribution in [0.15, 0.2) is 37.7 Å². The Morgan fingerprint density at radius 3 is 2.29 bits per heavy atom. The molecule has 8 heteroatoms. The minimum absolute atomic E-state index is 0.102. The van der Waals surface area contributed by atoms with Crippen LogP contribution in [-0.4, -0.2) is 21.8 Å². The molecule has 0 aliphatic rings. The lowest BCUT2D eigenvalue weighted by Gasteiger charge is -2.19. The van der Waals surface area contributed by atoms with Crippen LogP contribution in [0.25, 0.3) is 0 Å². The minimum atomic E-state index is -0.821. The first-order valence-electron chi connectivity index (χ1n) is 9.00. The molecule has 2 rings (SSSR count). The molecule has 1 aromatic heterocycles. The summed E-state index contributed by atoms with van der Waals surface area (Å²) in [6, 6.07) is 6.06. The molecule has 0 spiro atoms. The van der Waals surface area contributed by atoms with E-state index < -0.39 is 23.5 Å². The van der Waals surface area contributed by atoms with E-state index in [1.807, 2.05) is 39.8 Å². The van der Waals surface area contributed by atoms with E-state index in [4.69, 9.17) is 9.47 Å². The molecule has 0 saturated carbocycles. The summed E-state index contributed by atoms with van der Waals surface area (Å²) in [6.07, 6.45) is -0.821. The highest BCUT2D eigenvalue weighted by molar-refractivity contribution is 7.99. The van der Waals surface area contributed by atoms with Crippen LogP contribution in [0.5, 0.6) is 0 Å². The number of hydrogen-bond acceptors (Lipinski definition) is 6. The average molecular weight is 407 g/mol. The molecule has 0 saturated heterocycles. The first kappa shape index (κ1) is 22.0. The van der Waals surface area contributed by atoms with Crippen LogP contribution in [-0.2, 0) is 21.0 Å². The number of carbonyl (C=O) groups excluding carboxylic acids is 1. The zero-order valence-corrected chi connectivity index (χ0v) is 17.8. The van der Waals surface area contributed by atoms with Crippen molar-refractivity contribution < 1.29 is 14.3 Å². The Labute approximate surface area is 168 Å². The van der Waals surface area contributed by atoms with Gasteiger partial charge >= 0.3 is 11.7 Å². The van der Waals surface area contributed by atoms with Gasteiger partial charge in [0.25, 0.3) is 5.56 Å². The molecule has 0 aliphatic heterocycles. The fourth-order valence-electron chi connectivity index (χ4n) is 2.85. The standard InChI is InChI=1S/C20H26N2O5S/c1-11(2)17-18(24)21-20(25)22(10-26-15(6)27-14(5)23)19(17)28-16-8-12(3)7-13(4)9-16/h7-9,11,15H,10H2,1-6H3,(H,21,24,25). The number of nitrogens with one attached hydrogen (secondary N) is 1. The number of carbonyl (C=O) groups is 1. The van der Waals surface area contributed by atoms with Gasteiger partial charge in [-0.05, 0) is 49.9 Å². The maximum atomic E-state index is 12.5. The second-order valence-electron chi connectivity index (χ2n) is 6.96. The van der Waals surface area contributed by atoms with E-state index in [0.717, 1.165) is 16.0 Å². The zero-order valence-electron chi connectivity index (χ0n) is 17.0. The SMILES string of the molecule is CC(=O)OC(C)OCn1c(Sc2cc(C)cc(C)c2)c(C(C)C)c(=O)[nH]c1=O. The van der Waals surface area contributed by atoms with Crippen LogP contribution in [0.1, 0.15) is 50.3 Å². The van der Waals surface area contributed by atoms with E-state index >= 15 is 0 Å². The second-order valence-corrected chi connectivity index (χ2v) is 8.02. The van der Waals surface area contributed by atoms with E-state index in [-0.39, 0.29) is 12.6 Å². The summed E-state index contributed by atoms with van der Waals surface area (Å²) in [4.78, 5) is 39.3. The van der Waals surface area contributed by atoms with Crippen molar-refractivity contribution in [2.75, 3.05) is 0 Å². The molecule has 0 amide bonds. The number of H-pyrrole nitrogens is 1. The molecule has 0 radical (unpaired) electrons. The summed E-state index contributed by atoms with van der Waals surface area (Å²) in [6.45, 7) is 10.5. The predicted octanol–water partition coefficient (Wildman–Crippen LogP) is 3.31. The van der Waals surface area contributed by atoms with E-state index in [1.165, 1.54) is 23.3 Å². The van der Waals surface area contributed by atoms with E-state index in [2.05, 4.69) is 11.1 Å². The summed E-state index contributed by atoms with van der Waals surface area (Å²) in [5.41, 5.74) is 1.71. The van der Waals surface area contributed by atoms with Crippen molar-refractivity contribution in [1.82, 2.24) is 9.55 Å². The highest BCUT2D eigenvalue weighted by Crippen LogP contribution is 2.32. The van der Waals surface area contributed by atoms with Gasteiger partial charge in [0.1, 0.15) is 6.73 Å². The third kappa shape index (κ3) is 5.59. The smallest absolute Gasteiger partial charge is 0.331 e. The lowest BCUT2D eigenvalue weighted by molar-refractivity contribution is -0.180. The highest BCUT2D eigenvalue weighted by Gasteiger charge is 2.20. The monoisotopic (exact) mass is 406 g/mol. The minimum Gasteiger partial charge on any atom is -0.436 e. The van der Waals surface area contributed by atoms with Gasteiger partial charge in [0, 0.05) is 11.8 Å². The molecular formula is C20H26N2O5S. The average Bonchev–Trinajstić information content (AvgIpc) is 2.51. The van der Waals surface area contributed by atoms with Gasteiger partial charge in [0.05, 0.1) is 10.6 Å². The lowest BCUT2D eigenvalue weighted by Crippen LogP contribution is -2.35. The number of benzene rings is 1. The summed E-state index contributed by atoms with van der Waals surface area (Å²) in [5, 5.41) is 0.517. The fraction of sp³-hybridized carbons (Fsp3) is 0.450. The van der Waals surface area contributed by atoms with Crippen molar-refractivity contribution in [3.63, 3.8) is 0 Å². The van der Waals surface area contributed by atoms with Gasteiger partial charge in [-0.1, -0.05) is 31.7 Å². The van der Waals surface area contributed by atoms with Crippen LogP contribution in [0.4, 0.5) is 0 Å². The van der Waals surface area contributed by atoms with Gasteiger partial charge in [-0.25, -0.2) is 4.79 Å². The third-order valence-corrected chi connectivity index (χ3v) is 5.05. The van der Waals surface area contributed by atoms with E-state index in [9.17, 15) is 14.4 Å². The number of aromatic nitrogens is 2. The second kappa shape index (κ2) is 9.25. The first-order chi connectivity index (χ1) is 13.1. The number of rotatable bonds is 7. The number of ether oxygens (including phenoxy) is 2. The number of hydrogen-bond donors (Lipinski definition) is 1. The molecule has 1 unspecified atom stereocenters. The quantitative estimate of drug-likeness (QED) is 0.431. The maximum Gasteiger partial charge on any atom is 0.331 e. The van der Waals surface area contributed by atoms with Crippen LogP contribution in [0.2, 0.25) is 0 Å².